The Morgan fingerprint density at radius 2 is 2.00 bits per heavy atom. The fourth-order valence-electron chi connectivity index (χ4n) is 2.61. The van der Waals surface area contributed by atoms with Crippen LogP contribution in [0, 0.1) is 5.92 Å². The zero-order valence-electron chi connectivity index (χ0n) is 10.9. The third-order valence-electron chi connectivity index (χ3n) is 3.70. The molecule has 2 rings (SSSR count). The maximum atomic E-state index is 5.15. The summed E-state index contributed by atoms with van der Waals surface area (Å²) in [4.78, 5) is 0. The van der Waals surface area contributed by atoms with Crippen molar-refractivity contribution in [3.63, 3.8) is 0 Å². The zero-order valence-corrected chi connectivity index (χ0v) is 10.9. The highest BCUT2D eigenvalue weighted by Gasteiger charge is 2.19. The van der Waals surface area contributed by atoms with E-state index >= 15 is 0 Å². The largest absolute Gasteiger partial charge is 0.497 e. The van der Waals surface area contributed by atoms with Crippen molar-refractivity contribution in [2.24, 2.45) is 5.92 Å². The van der Waals surface area contributed by atoms with Crippen molar-refractivity contribution in [2.45, 2.75) is 38.6 Å². The van der Waals surface area contributed by atoms with Gasteiger partial charge in [0.2, 0.25) is 0 Å². The molecule has 1 N–H and O–H groups in total. The maximum Gasteiger partial charge on any atom is 0.118 e. The minimum Gasteiger partial charge on any atom is -0.497 e. The van der Waals surface area contributed by atoms with Crippen molar-refractivity contribution < 1.29 is 4.74 Å². The van der Waals surface area contributed by atoms with Crippen LogP contribution in [0.3, 0.4) is 0 Å². The van der Waals surface area contributed by atoms with Gasteiger partial charge in [-0.2, -0.15) is 0 Å². The third-order valence-corrected chi connectivity index (χ3v) is 3.70. The minimum atomic E-state index is 0.753. The standard InChI is InChI=1S/C15H23NO/c1-12-3-6-14(11-12)16-10-9-13-4-7-15(17-2)8-5-13/h4-5,7-8,12,14,16H,3,6,9-11H2,1-2H3/t12-,14+/m0/s1. The molecule has 0 bridgehead atoms. The second-order valence-electron chi connectivity index (χ2n) is 5.17. The van der Waals surface area contributed by atoms with Crippen LogP contribution < -0.4 is 10.1 Å². The van der Waals surface area contributed by atoms with E-state index in [2.05, 4.69) is 24.4 Å². The highest BCUT2D eigenvalue weighted by atomic mass is 16.5. The van der Waals surface area contributed by atoms with E-state index in [0.29, 0.717) is 0 Å². The van der Waals surface area contributed by atoms with Crippen LogP contribution in [0.25, 0.3) is 0 Å². The summed E-state index contributed by atoms with van der Waals surface area (Å²) in [5.74, 6) is 1.85. The summed E-state index contributed by atoms with van der Waals surface area (Å²) >= 11 is 0. The van der Waals surface area contributed by atoms with Gasteiger partial charge in [0.25, 0.3) is 0 Å². The highest BCUT2D eigenvalue weighted by Crippen LogP contribution is 2.24. The molecule has 0 aliphatic heterocycles. The lowest BCUT2D eigenvalue weighted by Gasteiger charge is -2.12. The molecule has 2 heteroatoms. The summed E-state index contributed by atoms with van der Waals surface area (Å²) in [7, 11) is 1.71. The first-order chi connectivity index (χ1) is 8.28. The Morgan fingerprint density at radius 1 is 1.24 bits per heavy atom. The van der Waals surface area contributed by atoms with Crippen LogP contribution in [0.4, 0.5) is 0 Å². The fourth-order valence-corrected chi connectivity index (χ4v) is 2.61. The third kappa shape index (κ3) is 3.74. The number of methoxy groups -OCH3 is 1. The van der Waals surface area contributed by atoms with Crippen LogP contribution in [-0.4, -0.2) is 19.7 Å². The van der Waals surface area contributed by atoms with Gasteiger partial charge >= 0.3 is 0 Å². The second-order valence-corrected chi connectivity index (χ2v) is 5.17. The first kappa shape index (κ1) is 12.4. The quantitative estimate of drug-likeness (QED) is 0.844. The van der Waals surface area contributed by atoms with Gasteiger partial charge in [-0.15, -0.1) is 0 Å². The molecular formula is C15H23NO. The summed E-state index contributed by atoms with van der Waals surface area (Å²) in [6.45, 7) is 3.44. The van der Waals surface area contributed by atoms with Gasteiger partial charge in [-0.25, -0.2) is 0 Å². The molecule has 94 valence electrons. The Kier molecular flexibility index (Phi) is 4.43. The fraction of sp³-hybridized carbons (Fsp3) is 0.600. The molecule has 0 radical (unpaired) electrons. The van der Waals surface area contributed by atoms with Crippen molar-refractivity contribution >= 4 is 0 Å². The summed E-state index contributed by atoms with van der Waals surface area (Å²) in [5, 5.41) is 3.66. The Bertz CT molecular complexity index is 333. The summed E-state index contributed by atoms with van der Waals surface area (Å²) in [6.07, 6.45) is 5.20. The maximum absolute atomic E-state index is 5.15. The van der Waals surface area contributed by atoms with E-state index in [4.69, 9.17) is 4.74 Å². The molecule has 17 heavy (non-hydrogen) atoms. The molecule has 1 aliphatic carbocycles. The molecule has 2 atom stereocenters. The number of benzene rings is 1. The van der Waals surface area contributed by atoms with E-state index in [9.17, 15) is 0 Å². The van der Waals surface area contributed by atoms with Gasteiger partial charge in [0, 0.05) is 6.04 Å². The van der Waals surface area contributed by atoms with Gasteiger partial charge in [-0.3, -0.25) is 0 Å². The van der Waals surface area contributed by atoms with E-state index < -0.39 is 0 Å². The van der Waals surface area contributed by atoms with Crippen molar-refractivity contribution in [1.82, 2.24) is 5.32 Å². The predicted octanol–water partition coefficient (Wildman–Crippen LogP) is 3.02. The molecule has 1 aromatic carbocycles. The number of nitrogens with one attached hydrogen (secondary N) is 1. The van der Waals surface area contributed by atoms with Crippen LogP contribution in [0.1, 0.15) is 31.7 Å². The van der Waals surface area contributed by atoms with E-state index in [1.54, 1.807) is 7.11 Å². The average Bonchev–Trinajstić information content (AvgIpc) is 2.76. The van der Waals surface area contributed by atoms with E-state index in [0.717, 1.165) is 30.7 Å². The van der Waals surface area contributed by atoms with E-state index in [-0.39, 0.29) is 0 Å². The Hall–Kier alpha value is -1.02. The molecule has 1 saturated carbocycles. The molecule has 1 aromatic rings. The lowest BCUT2D eigenvalue weighted by molar-refractivity contribution is 0.414. The topological polar surface area (TPSA) is 21.3 Å². The molecular weight excluding hydrogens is 210 g/mol. The van der Waals surface area contributed by atoms with E-state index in [1.165, 1.54) is 24.8 Å². The van der Waals surface area contributed by atoms with Crippen LogP contribution >= 0.6 is 0 Å². The molecule has 1 fully saturated rings. The van der Waals surface area contributed by atoms with Gasteiger partial charge in [0.15, 0.2) is 0 Å². The molecule has 0 aromatic heterocycles. The molecule has 0 unspecified atom stereocenters. The van der Waals surface area contributed by atoms with Crippen LogP contribution in [-0.2, 0) is 6.42 Å². The molecule has 0 amide bonds. The summed E-state index contributed by atoms with van der Waals surface area (Å²) < 4.78 is 5.15. The van der Waals surface area contributed by atoms with Gasteiger partial charge in [0.05, 0.1) is 7.11 Å². The highest BCUT2D eigenvalue weighted by molar-refractivity contribution is 5.27. The normalized spacial score (nSPS) is 23.9. The molecule has 0 saturated heterocycles. The molecule has 0 heterocycles. The minimum absolute atomic E-state index is 0.753. The Labute approximate surface area is 104 Å². The van der Waals surface area contributed by atoms with Crippen LogP contribution in [0.5, 0.6) is 5.75 Å². The predicted molar refractivity (Wildman–Crippen MR) is 71.5 cm³/mol. The monoisotopic (exact) mass is 233 g/mol. The lowest BCUT2D eigenvalue weighted by atomic mass is 10.1. The first-order valence-corrected chi connectivity index (χ1v) is 6.64. The lowest BCUT2D eigenvalue weighted by Crippen LogP contribution is -2.28. The molecule has 1 aliphatic rings. The molecule has 0 spiro atoms. The van der Waals surface area contributed by atoms with Crippen molar-refractivity contribution in [2.75, 3.05) is 13.7 Å². The van der Waals surface area contributed by atoms with Gasteiger partial charge < -0.3 is 10.1 Å². The van der Waals surface area contributed by atoms with Crippen molar-refractivity contribution in [3.8, 4) is 5.75 Å². The van der Waals surface area contributed by atoms with Gasteiger partial charge in [-0.05, 0) is 55.8 Å². The van der Waals surface area contributed by atoms with Crippen LogP contribution in [0.15, 0.2) is 24.3 Å². The van der Waals surface area contributed by atoms with Crippen molar-refractivity contribution in [1.29, 1.82) is 0 Å². The van der Waals surface area contributed by atoms with Gasteiger partial charge in [-0.1, -0.05) is 19.1 Å². The second kappa shape index (κ2) is 6.06. The van der Waals surface area contributed by atoms with Gasteiger partial charge in [0.1, 0.15) is 5.75 Å². The number of rotatable bonds is 5. The number of ether oxygens (including phenoxy) is 1. The first-order valence-electron chi connectivity index (χ1n) is 6.64. The summed E-state index contributed by atoms with van der Waals surface area (Å²) in [6, 6.07) is 9.12. The summed E-state index contributed by atoms with van der Waals surface area (Å²) in [5.41, 5.74) is 1.38. The zero-order chi connectivity index (χ0) is 12.1. The molecule has 2 nitrogen and oxygen atoms in total. The number of hydrogen-bond donors (Lipinski definition) is 1. The Balaban J connectivity index is 1.70. The Morgan fingerprint density at radius 3 is 2.59 bits per heavy atom. The SMILES string of the molecule is COc1ccc(CCN[C@@H]2CC[C@H](C)C2)cc1. The average molecular weight is 233 g/mol. The number of hydrogen-bond acceptors (Lipinski definition) is 2. The van der Waals surface area contributed by atoms with E-state index in [1.807, 2.05) is 12.1 Å². The smallest absolute Gasteiger partial charge is 0.118 e. The van der Waals surface area contributed by atoms with Crippen LogP contribution in [0.2, 0.25) is 0 Å². The van der Waals surface area contributed by atoms with Crippen molar-refractivity contribution in [3.05, 3.63) is 29.8 Å².